The molecule has 0 aliphatic carbocycles. The van der Waals surface area contributed by atoms with Crippen molar-refractivity contribution in [2.45, 2.75) is 72.3 Å². The van der Waals surface area contributed by atoms with Crippen LogP contribution in [0, 0.1) is 17.3 Å². The van der Waals surface area contributed by atoms with E-state index >= 15 is 0 Å². The Kier molecular flexibility index (Phi) is 11.2. The number of carbonyl (C=O) groups excluding carboxylic acids is 2. The van der Waals surface area contributed by atoms with E-state index in [4.69, 9.17) is 0 Å². The van der Waals surface area contributed by atoms with Gasteiger partial charge in [-0.1, -0.05) is 95.1 Å². The van der Waals surface area contributed by atoms with Gasteiger partial charge in [0.05, 0.1) is 5.92 Å². The molecule has 0 saturated carbocycles. The monoisotopic (exact) mass is 494 g/mol. The van der Waals surface area contributed by atoms with Crippen molar-refractivity contribution in [2.75, 3.05) is 7.05 Å². The van der Waals surface area contributed by atoms with E-state index in [1.165, 1.54) is 0 Å². The topological polar surface area (TPSA) is 95.5 Å². The summed E-state index contributed by atoms with van der Waals surface area (Å²) in [7, 11) is 1.55. The Morgan fingerprint density at radius 2 is 1.56 bits per heavy atom. The second-order valence-corrected chi connectivity index (χ2v) is 10.6. The zero-order valence-corrected chi connectivity index (χ0v) is 22.3. The number of carboxylic acids is 1. The van der Waals surface area contributed by atoms with Crippen LogP contribution in [0.1, 0.15) is 65.4 Å². The Morgan fingerprint density at radius 3 is 2.14 bits per heavy atom. The van der Waals surface area contributed by atoms with E-state index in [1.807, 2.05) is 58.0 Å². The average Bonchev–Trinajstić information content (AvgIpc) is 2.86. The van der Waals surface area contributed by atoms with Crippen LogP contribution in [-0.4, -0.2) is 36.0 Å². The summed E-state index contributed by atoms with van der Waals surface area (Å²) in [6.45, 7) is 7.73. The Labute approximate surface area is 215 Å². The zero-order chi connectivity index (χ0) is 26.7. The third-order valence-corrected chi connectivity index (χ3v) is 6.67. The molecule has 0 fully saturated rings. The highest BCUT2D eigenvalue weighted by atomic mass is 16.4. The Bertz CT molecular complexity index is 998. The number of nitrogens with one attached hydrogen (secondary N) is 2. The first-order valence-corrected chi connectivity index (χ1v) is 13.0. The molecule has 6 nitrogen and oxygen atoms in total. The van der Waals surface area contributed by atoms with Crippen molar-refractivity contribution in [3.8, 4) is 11.1 Å². The van der Waals surface area contributed by atoms with Crippen molar-refractivity contribution >= 4 is 17.8 Å². The van der Waals surface area contributed by atoms with Crippen molar-refractivity contribution in [1.29, 1.82) is 0 Å². The number of carboxylic acid groups (broad SMARTS) is 1. The van der Waals surface area contributed by atoms with E-state index in [0.717, 1.165) is 29.5 Å². The van der Waals surface area contributed by atoms with Crippen LogP contribution in [-0.2, 0) is 20.8 Å². The molecule has 0 spiro atoms. The van der Waals surface area contributed by atoms with E-state index in [1.54, 1.807) is 7.05 Å². The number of aryl methyl sites for hydroxylation is 1. The third kappa shape index (κ3) is 8.81. The van der Waals surface area contributed by atoms with Crippen molar-refractivity contribution in [1.82, 2.24) is 10.6 Å². The highest BCUT2D eigenvalue weighted by molar-refractivity contribution is 5.89. The fourth-order valence-electron chi connectivity index (χ4n) is 4.45. The van der Waals surface area contributed by atoms with Crippen molar-refractivity contribution in [3.63, 3.8) is 0 Å². The molecule has 0 aromatic heterocycles. The van der Waals surface area contributed by atoms with Gasteiger partial charge in [-0.25, -0.2) is 0 Å². The molecule has 2 rings (SSSR count). The van der Waals surface area contributed by atoms with E-state index in [9.17, 15) is 19.5 Å². The van der Waals surface area contributed by atoms with Gasteiger partial charge in [-0.2, -0.15) is 0 Å². The quantitative estimate of drug-likeness (QED) is 0.345. The summed E-state index contributed by atoms with van der Waals surface area (Å²) >= 11 is 0. The van der Waals surface area contributed by atoms with Crippen LogP contribution in [0.4, 0.5) is 0 Å². The van der Waals surface area contributed by atoms with Gasteiger partial charge in [0, 0.05) is 13.0 Å². The number of hydrogen-bond acceptors (Lipinski definition) is 3. The van der Waals surface area contributed by atoms with Gasteiger partial charge in [-0.15, -0.1) is 0 Å². The third-order valence-electron chi connectivity index (χ3n) is 6.67. The van der Waals surface area contributed by atoms with Crippen LogP contribution < -0.4 is 10.6 Å². The smallest absolute Gasteiger partial charge is 0.306 e. The molecule has 0 bridgehead atoms. The van der Waals surface area contributed by atoms with E-state index in [-0.39, 0.29) is 18.2 Å². The molecule has 3 atom stereocenters. The summed E-state index contributed by atoms with van der Waals surface area (Å²) in [4.78, 5) is 38.0. The molecular weight excluding hydrogens is 452 g/mol. The molecule has 0 saturated heterocycles. The number of unbranched alkanes of at least 4 members (excludes halogenated alkanes) is 1. The normalized spacial score (nSPS) is 13.9. The first kappa shape index (κ1) is 29.1. The van der Waals surface area contributed by atoms with Crippen LogP contribution in [0.2, 0.25) is 0 Å². The van der Waals surface area contributed by atoms with Crippen LogP contribution in [0.15, 0.2) is 54.6 Å². The van der Waals surface area contributed by atoms with Gasteiger partial charge in [0.2, 0.25) is 11.8 Å². The summed E-state index contributed by atoms with van der Waals surface area (Å²) in [5, 5.41) is 15.4. The first-order valence-electron chi connectivity index (χ1n) is 13.0. The molecule has 3 N–H and O–H groups in total. The molecule has 0 radical (unpaired) electrons. The summed E-state index contributed by atoms with van der Waals surface area (Å²) in [5.74, 6) is -2.50. The lowest BCUT2D eigenvalue weighted by Gasteiger charge is -2.31. The SMILES string of the molecule is CCCC[C@H](C[C@@H](CCc1cccc(-c2ccccc2)c1)C(=O)N[C@H](C(=O)NC)C(C)(C)C)C(=O)O. The molecule has 0 aliphatic rings. The first-order chi connectivity index (χ1) is 17.1. The zero-order valence-electron chi connectivity index (χ0n) is 22.3. The minimum absolute atomic E-state index is 0.254. The van der Waals surface area contributed by atoms with Crippen LogP contribution in [0.3, 0.4) is 0 Å². The number of aliphatic carboxylic acids is 1. The maximum Gasteiger partial charge on any atom is 0.306 e. The molecule has 196 valence electrons. The molecule has 36 heavy (non-hydrogen) atoms. The number of rotatable bonds is 13. The lowest BCUT2D eigenvalue weighted by Crippen LogP contribution is -2.54. The number of likely N-dealkylation sites (N-methyl/N-ethyl adjacent to an activating group) is 1. The number of carbonyl (C=O) groups is 3. The van der Waals surface area contributed by atoms with E-state index in [2.05, 4.69) is 34.9 Å². The second kappa shape index (κ2) is 13.8. The van der Waals surface area contributed by atoms with Crippen molar-refractivity contribution < 1.29 is 19.5 Å². The fraction of sp³-hybridized carbons (Fsp3) is 0.500. The van der Waals surface area contributed by atoms with Gasteiger partial charge in [0.25, 0.3) is 0 Å². The molecule has 0 aliphatic heterocycles. The Morgan fingerprint density at radius 1 is 0.889 bits per heavy atom. The van der Waals surface area contributed by atoms with Crippen molar-refractivity contribution in [3.05, 3.63) is 60.2 Å². The standard InChI is InChI=1S/C30H42N2O4/c1-6-7-13-25(29(35)36)20-24(27(33)32-26(28(34)31-5)30(2,3)4)18-17-21-12-11-16-23(19-21)22-14-9-8-10-15-22/h8-12,14-16,19,24-26H,6-7,13,17-18,20H2,1-5H3,(H,31,34)(H,32,33)(H,35,36)/t24-,25-,26-/m1/s1. The lowest BCUT2D eigenvalue weighted by atomic mass is 9.83. The molecular formula is C30H42N2O4. The van der Waals surface area contributed by atoms with Crippen molar-refractivity contribution in [2.24, 2.45) is 17.3 Å². The number of benzene rings is 2. The lowest BCUT2D eigenvalue weighted by molar-refractivity contribution is -0.143. The van der Waals surface area contributed by atoms with Crippen LogP contribution >= 0.6 is 0 Å². The second-order valence-electron chi connectivity index (χ2n) is 10.6. The Hall–Kier alpha value is -3.15. The van der Waals surface area contributed by atoms with Crippen LogP contribution in [0.25, 0.3) is 11.1 Å². The minimum atomic E-state index is -0.869. The highest BCUT2D eigenvalue weighted by Crippen LogP contribution is 2.27. The highest BCUT2D eigenvalue weighted by Gasteiger charge is 2.35. The van der Waals surface area contributed by atoms with Gasteiger partial charge in [0.15, 0.2) is 0 Å². The Balaban J connectivity index is 2.25. The molecule has 2 amide bonds. The maximum atomic E-state index is 13.5. The molecule has 2 aromatic rings. The van der Waals surface area contributed by atoms with Crippen LogP contribution in [0.5, 0.6) is 0 Å². The molecule has 0 unspecified atom stereocenters. The number of hydrogen-bond donors (Lipinski definition) is 3. The van der Waals surface area contributed by atoms with Gasteiger partial charge in [-0.05, 0) is 47.8 Å². The molecule has 0 heterocycles. The van der Waals surface area contributed by atoms with Gasteiger partial charge >= 0.3 is 5.97 Å². The fourth-order valence-corrected chi connectivity index (χ4v) is 4.45. The summed E-state index contributed by atoms with van der Waals surface area (Å²) < 4.78 is 0. The maximum absolute atomic E-state index is 13.5. The van der Waals surface area contributed by atoms with E-state index in [0.29, 0.717) is 19.3 Å². The molecule has 2 aromatic carbocycles. The van der Waals surface area contributed by atoms with Gasteiger partial charge < -0.3 is 15.7 Å². The summed E-state index contributed by atoms with van der Waals surface area (Å²) in [6, 6.07) is 17.6. The minimum Gasteiger partial charge on any atom is -0.481 e. The number of amides is 2. The largest absolute Gasteiger partial charge is 0.481 e. The van der Waals surface area contributed by atoms with Gasteiger partial charge in [-0.3, -0.25) is 14.4 Å². The summed E-state index contributed by atoms with van der Waals surface area (Å²) in [6.07, 6.45) is 3.63. The van der Waals surface area contributed by atoms with E-state index < -0.39 is 29.3 Å². The predicted octanol–water partition coefficient (Wildman–Crippen LogP) is 5.46. The molecule has 6 heteroatoms. The predicted molar refractivity (Wildman–Crippen MR) is 144 cm³/mol. The van der Waals surface area contributed by atoms with Gasteiger partial charge in [0.1, 0.15) is 6.04 Å². The average molecular weight is 495 g/mol. The summed E-state index contributed by atoms with van der Waals surface area (Å²) in [5.41, 5.74) is 2.83.